The van der Waals surface area contributed by atoms with E-state index in [9.17, 15) is 22.8 Å². The topological polar surface area (TPSA) is 89.0 Å². The molecule has 0 radical (unpaired) electrons. The SMILES string of the molecule is COc1cccc(/C=N\NC(=O)C(=O)Nc2ccc(Cl)c(C(F)(F)F)c2)c1OC. The molecule has 0 aromatic heterocycles. The number of alkyl halides is 3. The van der Waals surface area contributed by atoms with Crippen molar-refractivity contribution in [1.82, 2.24) is 5.43 Å². The van der Waals surface area contributed by atoms with E-state index in [-0.39, 0.29) is 5.69 Å². The molecule has 0 aliphatic carbocycles. The minimum Gasteiger partial charge on any atom is -0.493 e. The van der Waals surface area contributed by atoms with Crippen molar-refractivity contribution in [2.75, 3.05) is 19.5 Å². The maximum atomic E-state index is 12.9. The summed E-state index contributed by atoms with van der Waals surface area (Å²) in [6, 6.07) is 7.67. The van der Waals surface area contributed by atoms with Crippen LogP contribution in [0.2, 0.25) is 5.02 Å². The van der Waals surface area contributed by atoms with Gasteiger partial charge >= 0.3 is 18.0 Å². The van der Waals surface area contributed by atoms with Crippen LogP contribution < -0.4 is 20.2 Å². The molecule has 0 atom stereocenters. The predicted octanol–water partition coefficient (Wildman–Crippen LogP) is 3.46. The molecule has 0 unspecified atom stereocenters. The summed E-state index contributed by atoms with van der Waals surface area (Å²) in [4.78, 5) is 23.7. The number of hydrogen-bond donors (Lipinski definition) is 2. The number of amides is 2. The quantitative estimate of drug-likeness (QED) is 0.433. The molecule has 7 nitrogen and oxygen atoms in total. The predicted molar refractivity (Wildman–Crippen MR) is 100 cm³/mol. The Hall–Kier alpha value is -3.27. The van der Waals surface area contributed by atoms with Gasteiger partial charge in [0.15, 0.2) is 11.5 Å². The molecule has 154 valence electrons. The Balaban J connectivity index is 2.06. The van der Waals surface area contributed by atoms with Gasteiger partial charge in [-0.25, -0.2) is 5.43 Å². The lowest BCUT2D eigenvalue weighted by Crippen LogP contribution is -2.32. The molecule has 11 heteroatoms. The lowest BCUT2D eigenvalue weighted by atomic mass is 10.2. The Morgan fingerprint density at radius 1 is 1.10 bits per heavy atom. The second-order valence-corrected chi connectivity index (χ2v) is 5.84. The number of para-hydroxylation sites is 1. The van der Waals surface area contributed by atoms with Gasteiger partial charge in [0.05, 0.1) is 31.0 Å². The van der Waals surface area contributed by atoms with Gasteiger partial charge in [-0.05, 0) is 30.3 Å². The van der Waals surface area contributed by atoms with Crippen LogP contribution in [0.25, 0.3) is 0 Å². The third kappa shape index (κ3) is 5.61. The molecule has 0 spiro atoms. The fourth-order valence-corrected chi connectivity index (χ4v) is 2.46. The molecule has 0 aliphatic heterocycles. The summed E-state index contributed by atoms with van der Waals surface area (Å²) in [7, 11) is 2.87. The van der Waals surface area contributed by atoms with Gasteiger partial charge in [0.1, 0.15) is 0 Å². The van der Waals surface area contributed by atoms with Crippen LogP contribution in [0, 0.1) is 0 Å². The second kappa shape index (κ2) is 9.28. The molecule has 0 saturated heterocycles. The van der Waals surface area contributed by atoms with Gasteiger partial charge in [0, 0.05) is 11.3 Å². The first kappa shape index (κ1) is 22.0. The third-order valence-electron chi connectivity index (χ3n) is 3.54. The fraction of sp³-hybridized carbons (Fsp3) is 0.167. The number of nitrogens with zero attached hydrogens (tertiary/aromatic N) is 1. The van der Waals surface area contributed by atoms with E-state index in [2.05, 4.69) is 5.10 Å². The molecule has 0 fully saturated rings. The molecule has 0 bridgehead atoms. The second-order valence-electron chi connectivity index (χ2n) is 5.43. The van der Waals surface area contributed by atoms with E-state index < -0.39 is 28.6 Å². The number of halogens is 4. The summed E-state index contributed by atoms with van der Waals surface area (Å²) < 4.78 is 48.9. The van der Waals surface area contributed by atoms with Crippen LogP contribution in [0.3, 0.4) is 0 Å². The van der Waals surface area contributed by atoms with Crippen LogP contribution >= 0.6 is 11.6 Å². The maximum Gasteiger partial charge on any atom is 0.417 e. The van der Waals surface area contributed by atoms with Crippen molar-refractivity contribution in [3.05, 3.63) is 52.5 Å². The molecule has 29 heavy (non-hydrogen) atoms. The highest BCUT2D eigenvalue weighted by molar-refractivity contribution is 6.39. The average molecular weight is 430 g/mol. The summed E-state index contributed by atoms with van der Waals surface area (Å²) in [6.45, 7) is 0. The van der Waals surface area contributed by atoms with Gasteiger partial charge < -0.3 is 14.8 Å². The van der Waals surface area contributed by atoms with E-state index in [1.54, 1.807) is 18.2 Å². The largest absolute Gasteiger partial charge is 0.493 e. The van der Waals surface area contributed by atoms with Crippen molar-refractivity contribution in [3.63, 3.8) is 0 Å². The zero-order valence-corrected chi connectivity index (χ0v) is 15.9. The van der Waals surface area contributed by atoms with E-state index >= 15 is 0 Å². The Kier molecular flexibility index (Phi) is 7.05. The molecule has 2 amide bonds. The normalized spacial score (nSPS) is 11.2. The Morgan fingerprint density at radius 3 is 2.45 bits per heavy atom. The number of rotatable bonds is 5. The lowest BCUT2D eigenvalue weighted by molar-refractivity contribution is -0.137. The Morgan fingerprint density at radius 2 is 1.83 bits per heavy atom. The van der Waals surface area contributed by atoms with Crippen LogP contribution in [0.5, 0.6) is 11.5 Å². The minimum atomic E-state index is -4.71. The summed E-state index contributed by atoms with van der Waals surface area (Å²) in [5.74, 6) is -1.61. The Labute approximate surface area is 168 Å². The fourth-order valence-electron chi connectivity index (χ4n) is 2.23. The number of carbonyl (C=O) groups excluding carboxylic acids is 2. The van der Waals surface area contributed by atoms with Gasteiger partial charge in [0.2, 0.25) is 0 Å². The van der Waals surface area contributed by atoms with E-state index in [1.807, 2.05) is 10.7 Å². The monoisotopic (exact) mass is 429 g/mol. The van der Waals surface area contributed by atoms with Crippen LogP contribution in [-0.2, 0) is 15.8 Å². The molecule has 2 rings (SSSR count). The smallest absolute Gasteiger partial charge is 0.417 e. The molecule has 0 saturated carbocycles. The number of hydrogen-bond acceptors (Lipinski definition) is 5. The van der Waals surface area contributed by atoms with Crippen molar-refractivity contribution in [3.8, 4) is 11.5 Å². The summed E-state index contributed by atoms with van der Waals surface area (Å²) in [5.41, 5.74) is 1.04. The summed E-state index contributed by atoms with van der Waals surface area (Å²) >= 11 is 5.50. The van der Waals surface area contributed by atoms with Gasteiger partial charge in [-0.15, -0.1) is 0 Å². The number of anilines is 1. The highest BCUT2D eigenvalue weighted by Gasteiger charge is 2.33. The number of nitrogens with one attached hydrogen (secondary N) is 2. The van der Waals surface area contributed by atoms with Crippen LogP contribution in [-0.4, -0.2) is 32.2 Å². The highest BCUT2D eigenvalue weighted by atomic mass is 35.5. The molecule has 2 N–H and O–H groups in total. The highest BCUT2D eigenvalue weighted by Crippen LogP contribution is 2.36. The van der Waals surface area contributed by atoms with E-state index in [1.165, 1.54) is 20.4 Å². The van der Waals surface area contributed by atoms with Crippen molar-refractivity contribution >= 4 is 35.3 Å². The molecule has 2 aromatic rings. The van der Waals surface area contributed by atoms with E-state index in [0.29, 0.717) is 23.1 Å². The van der Waals surface area contributed by atoms with Crippen molar-refractivity contribution in [2.45, 2.75) is 6.18 Å². The number of ether oxygens (including phenoxy) is 2. The zero-order valence-electron chi connectivity index (χ0n) is 15.1. The first-order valence-corrected chi connectivity index (χ1v) is 8.27. The van der Waals surface area contributed by atoms with Gasteiger partial charge in [-0.3, -0.25) is 9.59 Å². The molecule has 2 aromatic carbocycles. The number of benzene rings is 2. The lowest BCUT2D eigenvalue weighted by Gasteiger charge is -2.11. The minimum absolute atomic E-state index is 0.250. The first-order valence-electron chi connectivity index (χ1n) is 7.89. The molecule has 0 aliphatic rings. The Bertz CT molecular complexity index is 948. The zero-order chi connectivity index (χ0) is 21.6. The van der Waals surface area contributed by atoms with Gasteiger partial charge in [-0.2, -0.15) is 18.3 Å². The van der Waals surface area contributed by atoms with Crippen molar-refractivity contribution in [2.24, 2.45) is 5.10 Å². The van der Waals surface area contributed by atoms with E-state index in [4.69, 9.17) is 21.1 Å². The number of hydrazone groups is 1. The summed E-state index contributed by atoms with van der Waals surface area (Å²) in [6.07, 6.45) is -3.49. The first-order chi connectivity index (χ1) is 13.7. The average Bonchev–Trinajstić information content (AvgIpc) is 2.68. The van der Waals surface area contributed by atoms with Crippen LogP contribution in [0.1, 0.15) is 11.1 Å². The molecular formula is C18H15ClF3N3O4. The van der Waals surface area contributed by atoms with Gasteiger partial charge in [0.25, 0.3) is 0 Å². The standard InChI is InChI=1S/C18H15ClF3N3O4/c1-28-14-5-3-4-10(15(14)29-2)9-23-25-17(27)16(26)24-11-6-7-13(19)12(8-11)18(20,21)22/h3-9H,1-2H3,(H,24,26)(H,25,27)/b23-9-. The van der Waals surface area contributed by atoms with Crippen LogP contribution in [0.15, 0.2) is 41.5 Å². The molecule has 0 heterocycles. The van der Waals surface area contributed by atoms with Crippen molar-refractivity contribution < 1.29 is 32.2 Å². The number of carbonyl (C=O) groups is 2. The summed E-state index contributed by atoms with van der Waals surface area (Å²) in [5, 5.41) is 5.15. The van der Waals surface area contributed by atoms with Gasteiger partial charge in [-0.1, -0.05) is 17.7 Å². The number of methoxy groups -OCH3 is 2. The van der Waals surface area contributed by atoms with Crippen LogP contribution in [0.4, 0.5) is 18.9 Å². The third-order valence-corrected chi connectivity index (χ3v) is 3.87. The molecular weight excluding hydrogens is 415 g/mol. The van der Waals surface area contributed by atoms with E-state index in [0.717, 1.165) is 12.1 Å². The maximum absolute atomic E-state index is 12.9. The van der Waals surface area contributed by atoms with Crippen molar-refractivity contribution in [1.29, 1.82) is 0 Å².